The second-order valence-corrected chi connectivity index (χ2v) is 3.95. The molecule has 0 spiro atoms. The van der Waals surface area contributed by atoms with E-state index in [0.717, 1.165) is 12.8 Å². The third-order valence-electron chi connectivity index (χ3n) is 2.27. The van der Waals surface area contributed by atoms with E-state index in [0.29, 0.717) is 28.7 Å². The summed E-state index contributed by atoms with van der Waals surface area (Å²) in [7, 11) is 1.55. The monoisotopic (exact) mass is 256 g/mol. The fraction of sp³-hybridized carbons (Fsp3) is 0.385. The van der Waals surface area contributed by atoms with Gasteiger partial charge < -0.3 is 14.6 Å². The molecule has 0 aliphatic rings. The van der Waals surface area contributed by atoms with Gasteiger partial charge in [0.15, 0.2) is 11.5 Å². The minimum absolute atomic E-state index is 0.0766. The van der Waals surface area contributed by atoms with E-state index < -0.39 is 0 Å². The molecule has 4 heteroatoms. The summed E-state index contributed by atoms with van der Waals surface area (Å²) in [4.78, 5) is 0. The second-order valence-electron chi connectivity index (χ2n) is 3.55. The molecule has 0 atom stereocenters. The van der Waals surface area contributed by atoms with Crippen molar-refractivity contribution in [3.63, 3.8) is 0 Å². The molecule has 1 aromatic rings. The average molecular weight is 257 g/mol. The summed E-state index contributed by atoms with van der Waals surface area (Å²) >= 11 is 6.07. The van der Waals surface area contributed by atoms with E-state index in [1.807, 2.05) is 6.08 Å². The van der Waals surface area contributed by atoms with Crippen molar-refractivity contribution in [2.45, 2.75) is 19.4 Å². The van der Waals surface area contributed by atoms with Crippen LogP contribution in [-0.4, -0.2) is 18.8 Å². The van der Waals surface area contributed by atoms with Gasteiger partial charge in [-0.2, -0.15) is 0 Å². The zero-order chi connectivity index (χ0) is 12.7. The number of benzene rings is 1. The molecule has 17 heavy (non-hydrogen) atoms. The van der Waals surface area contributed by atoms with E-state index in [1.54, 1.807) is 19.2 Å². The van der Waals surface area contributed by atoms with Crippen LogP contribution in [0.25, 0.3) is 0 Å². The number of aliphatic hydroxyl groups is 1. The summed E-state index contributed by atoms with van der Waals surface area (Å²) in [5, 5.41) is 9.50. The van der Waals surface area contributed by atoms with Crippen molar-refractivity contribution >= 4 is 11.6 Å². The van der Waals surface area contributed by atoms with Crippen LogP contribution in [0.2, 0.25) is 5.02 Å². The van der Waals surface area contributed by atoms with E-state index >= 15 is 0 Å². The first-order valence-electron chi connectivity index (χ1n) is 5.44. The SMILES string of the molecule is C=CCCCOc1c(Cl)cc(CO)cc1OC. The van der Waals surface area contributed by atoms with Gasteiger partial charge in [0, 0.05) is 0 Å². The number of rotatable bonds is 7. The maximum absolute atomic E-state index is 9.05. The van der Waals surface area contributed by atoms with Crippen molar-refractivity contribution in [3.05, 3.63) is 35.4 Å². The number of allylic oxidation sites excluding steroid dienone is 1. The fourth-order valence-corrected chi connectivity index (χ4v) is 1.69. The first kappa shape index (κ1) is 13.9. The lowest BCUT2D eigenvalue weighted by Crippen LogP contribution is -2.00. The topological polar surface area (TPSA) is 38.7 Å². The fourth-order valence-electron chi connectivity index (χ4n) is 1.41. The maximum atomic E-state index is 9.05. The molecular weight excluding hydrogens is 240 g/mol. The molecule has 0 fully saturated rings. The number of methoxy groups -OCH3 is 1. The molecule has 0 aromatic heterocycles. The van der Waals surface area contributed by atoms with Gasteiger partial charge in [-0.1, -0.05) is 17.7 Å². The van der Waals surface area contributed by atoms with Crippen molar-refractivity contribution in [2.75, 3.05) is 13.7 Å². The molecule has 0 saturated heterocycles. The Morgan fingerprint density at radius 1 is 1.47 bits per heavy atom. The number of hydrogen-bond donors (Lipinski definition) is 1. The quantitative estimate of drug-likeness (QED) is 0.602. The molecule has 94 valence electrons. The molecule has 1 N–H and O–H groups in total. The third-order valence-corrected chi connectivity index (χ3v) is 2.55. The lowest BCUT2D eigenvalue weighted by atomic mass is 10.2. The van der Waals surface area contributed by atoms with Crippen LogP contribution >= 0.6 is 11.6 Å². The molecule has 0 radical (unpaired) electrons. The highest BCUT2D eigenvalue weighted by atomic mass is 35.5. The molecule has 0 aliphatic carbocycles. The lowest BCUT2D eigenvalue weighted by molar-refractivity contribution is 0.276. The van der Waals surface area contributed by atoms with Gasteiger partial charge >= 0.3 is 0 Å². The molecule has 1 aromatic carbocycles. The van der Waals surface area contributed by atoms with Crippen LogP contribution in [0.1, 0.15) is 18.4 Å². The van der Waals surface area contributed by atoms with Crippen LogP contribution in [0, 0.1) is 0 Å². The maximum Gasteiger partial charge on any atom is 0.179 e. The Hall–Kier alpha value is -1.19. The summed E-state index contributed by atoms with van der Waals surface area (Å²) in [6.07, 6.45) is 3.62. The summed E-state index contributed by atoms with van der Waals surface area (Å²) < 4.78 is 10.8. The standard InChI is InChI=1S/C13H17ClO3/c1-3-4-5-6-17-13-11(14)7-10(9-15)8-12(13)16-2/h3,7-8,15H,1,4-6,9H2,2H3. The van der Waals surface area contributed by atoms with Crippen molar-refractivity contribution in [1.82, 2.24) is 0 Å². The summed E-state index contributed by atoms with van der Waals surface area (Å²) in [6, 6.07) is 3.39. The van der Waals surface area contributed by atoms with Gasteiger partial charge in [-0.25, -0.2) is 0 Å². The molecule has 0 heterocycles. The molecule has 0 aliphatic heterocycles. The summed E-state index contributed by atoms with van der Waals surface area (Å²) in [5.74, 6) is 1.07. The molecule has 0 saturated carbocycles. The van der Waals surface area contributed by atoms with Crippen molar-refractivity contribution in [2.24, 2.45) is 0 Å². The van der Waals surface area contributed by atoms with Crippen molar-refractivity contribution in [3.8, 4) is 11.5 Å². The largest absolute Gasteiger partial charge is 0.493 e. The van der Waals surface area contributed by atoms with E-state index in [-0.39, 0.29) is 6.61 Å². The first-order chi connectivity index (χ1) is 8.22. The van der Waals surface area contributed by atoms with Gasteiger partial charge in [-0.05, 0) is 30.5 Å². The zero-order valence-electron chi connectivity index (χ0n) is 9.91. The first-order valence-corrected chi connectivity index (χ1v) is 5.81. The Kier molecular flexibility index (Phi) is 5.87. The summed E-state index contributed by atoms with van der Waals surface area (Å²) in [5.41, 5.74) is 0.699. The highest BCUT2D eigenvalue weighted by molar-refractivity contribution is 6.32. The molecule has 0 bridgehead atoms. The molecule has 0 unspecified atom stereocenters. The Labute approximate surface area is 107 Å². The highest BCUT2D eigenvalue weighted by Crippen LogP contribution is 2.36. The normalized spacial score (nSPS) is 10.1. The minimum atomic E-state index is -0.0766. The van der Waals surface area contributed by atoms with Gasteiger partial charge in [0.2, 0.25) is 0 Å². The lowest BCUT2D eigenvalue weighted by Gasteiger charge is -2.13. The van der Waals surface area contributed by atoms with Crippen molar-refractivity contribution < 1.29 is 14.6 Å². The van der Waals surface area contributed by atoms with Crippen LogP contribution in [0.15, 0.2) is 24.8 Å². The predicted molar refractivity (Wildman–Crippen MR) is 68.9 cm³/mol. The Bertz CT molecular complexity index is 377. The Morgan fingerprint density at radius 2 is 2.24 bits per heavy atom. The number of halogens is 1. The predicted octanol–water partition coefficient (Wildman–Crippen LogP) is 3.19. The Balaban J connectivity index is 2.78. The van der Waals surface area contributed by atoms with Gasteiger partial charge in [-0.15, -0.1) is 6.58 Å². The van der Waals surface area contributed by atoms with E-state index in [9.17, 15) is 0 Å². The highest BCUT2D eigenvalue weighted by Gasteiger charge is 2.11. The average Bonchev–Trinajstić information content (AvgIpc) is 2.35. The Morgan fingerprint density at radius 3 is 2.82 bits per heavy atom. The second kappa shape index (κ2) is 7.20. The van der Waals surface area contributed by atoms with Gasteiger partial charge in [0.25, 0.3) is 0 Å². The van der Waals surface area contributed by atoms with Crippen LogP contribution in [-0.2, 0) is 6.61 Å². The van der Waals surface area contributed by atoms with Gasteiger partial charge in [0.05, 0.1) is 25.3 Å². The van der Waals surface area contributed by atoms with Crippen LogP contribution < -0.4 is 9.47 Å². The van der Waals surface area contributed by atoms with Crippen molar-refractivity contribution in [1.29, 1.82) is 0 Å². The number of unbranched alkanes of at least 4 members (excludes halogenated alkanes) is 1. The van der Waals surface area contributed by atoms with E-state index in [4.69, 9.17) is 26.2 Å². The van der Waals surface area contributed by atoms with E-state index in [2.05, 4.69) is 6.58 Å². The molecule has 1 rings (SSSR count). The van der Waals surface area contributed by atoms with Gasteiger partial charge in [0.1, 0.15) is 0 Å². The van der Waals surface area contributed by atoms with Gasteiger partial charge in [-0.3, -0.25) is 0 Å². The van der Waals surface area contributed by atoms with Crippen LogP contribution in [0.4, 0.5) is 0 Å². The molecule has 0 amide bonds. The number of aliphatic hydroxyl groups excluding tert-OH is 1. The third kappa shape index (κ3) is 3.95. The van der Waals surface area contributed by atoms with Crippen LogP contribution in [0.3, 0.4) is 0 Å². The molecular formula is C13H17ClO3. The zero-order valence-corrected chi connectivity index (χ0v) is 10.7. The smallest absolute Gasteiger partial charge is 0.179 e. The minimum Gasteiger partial charge on any atom is -0.493 e. The molecule has 3 nitrogen and oxygen atoms in total. The summed E-state index contributed by atoms with van der Waals surface area (Å²) in [6.45, 7) is 4.12. The van der Waals surface area contributed by atoms with E-state index in [1.165, 1.54) is 0 Å². The number of hydrogen-bond acceptors (Lipinski definition) is 3. The number of ether oxygens (including phenoxy) is 2. The van der Waals surface area contributed by atoms with Crippen LogP contribution in [0.5, 0.6) is 11.5 Å².